The van der Waals surface area contributed by atoms with Crippen LogP contribution in [0.5, 0.6) is 0 Å². The van der Waals surface area contributed by atoms with Crippen molar-refractivity contribution in [1.29, 1.82) is 0 Å². The molecule has 0 amide bonds. The van der Waals surface area contributed by atoms with Crippen molar-refractivity contribution in [2.45, 2.75) is 50.6 Å². The maximum atomic E-state index is 12.9. The third-order valence-corrected chi connectivity index (χ3v) is 4.66. The van der Waals surface area contributed by atoms with Crippen LogP contribution in [0, 0.1) is 5.82 Å². The lowest BCUT2D eigenvalue weighted by atomic mass is 9.80. The number of hydrogen-bond donors (Lipinski definition) is 1. The Balaban J connectivity index is 1.96. The Morgan fingerprint density at radius 3 is 2.55 bits per heavy atom. The number of halogens is 1. The summed E-state index contributed by atoms with van der Waals surface area (Å²) in [6.45, 7) is 3.05. The molecule has 2 rings (SSSR count). The van der Waals surface area contributed by atoms with E-state index in [0.29, 0.717) is 0 Å². The van der Waals surface area contributed by atoms with E-state index in [4.69, 9.17) is 0 Å². The van der Waals surface area contributed by atoms with Crippen molar-refractivity contribution in [1.82, 2.24) is 15.2 Å². The molecule has 1 aliphatic rings. The lowest BCUT2D eigenvalue weighted by Gasteiger charge is -2.43. The number of nitrogens with one attached hydrogen (secondary N) is 1. The Kier molecular flexibility index (Phi) is 5.11. The highest BCUT2D eigenvalue weighted by atomic mass is 19.1. The van der Waals surface area contributed by atoms with Crippen molar-refractivity contribution in [3.8, 4) is 0 Å². The van der Waals surface area contributed by atoms with E-state index < -0.39 is 0 Å². The summed E-state index contributed by atoms with van der Waals surface area (Å²) in [6, 6.07) is 3.38. The Morgan fingerprint density at radius 2 is 2.00 bits per heavy atom. The number of hydrogen-bond acceptors (Lipinski definition) is 3. The summed E-state index contributed by atoms with van der Waals surface area (Å²) >= 11 is 0. The minimum absolute atomic E-state index is 0.148. The molecule has 1 saturated carbocycles. The molecule has 0 radical (unpaired) electrons. The summed E-state index contributed by atoms with van der Waals surface area (Å²) in [5, 5.41) is 3.58. The average molecular weight is 279 g/mol. The smallest absolute Gasteiger partial charge is 0.141 e. The fourth-order valence-electron chi connectivity index (χ4n) is 3.08. The number of rotatable bonds is 5. The van der Waals surface area contributed by atoms with E-state index in [2.05, 4.69) is 36.2 Å². The summed E-state index contributed by atoms with van der Waals surface area (Å²) in [6.07, 6.45) is 7.75. The van der Waals surface area contributed by atoms with Gasteiger partial charge in [0.2, 0.25) is 0 Å². The first kappa shape index (κ1) is 15.4. The van der Waals surface area contributed by atoms with Gasteiger partial charge in [-0.05, 0) is 46.0 Å². The fourth-order valence-corrected chi connectivity index (χ4v) is 3.08. The predicted octanol–water partition coefficient (Wildman–Crippen LogP) is 3.14. The second-order valence-corrected chi connectivity index (χ2v) is 6.18. The van der Waals surface area contributed by atoms with Gasteiger partial charge in [-0.2, -0.15) is 0 Å². The highest BCUT2D eigenvalue weighted by molar-refractivity contribution is 5.09. The monoisotopic (exact) mass is 279 g/mol. The van der Waals surface area contributed by atoms with Crippen molar-refractivity contribution in [3.63, 3.8) is 0 Å². The van der Waals surface area contributed by atoms with Crippen molar-refractivity contribution in [3.05, 3.63) is 29.8 Å². The van der Waals surface area contributed by atoms with Crippen LogP contribution in [0.15, 0.2) is 18.3 Å². The largest absolute Gasteiger partial charge is 0.307 e. The zero-order chi connectivity index (χ0) is 14.6. The van der Waals surface area contributed by atoms with Crippen LogP contribution in [0.25, 0.3) is 0 Å². The number of nitrogens with zero attached hydrogens (tertiary/aromatic N) is 2. The number of pyridine rings is 1. The van der Waals surface area contributed by atoms with Crippen LogP contribution in [0.2, 0.25) is 0 Å². The molecule has 1 N–H and O–H groups in total. The van der Waals surface area contributed by atoms with Crippen molar-refractivity contribution in [2.75, 3.05) is 20.6 Å². The molecular formula is C16H26FN3. The van der Waals surface area contributed by atoms with Gasteiger partial charge in [0.25, 0.3) is 0 Å². The SMILES string of the molecule is CC(NCC1(N(C)C)CCCCC1)c1ccc(F)cn1. The minimum Gasteiger partial charge on any atom is -0.307 e. The van der Waals surface area contributed by atoms with Gasteiger partial charge in [0.15, 0.2) is 0 Å². The van der Waals surface area contributed by atoms with Crippen LogP contribution in [-0.2, 0) is 0 Å². The van der Waals surface area contributed by atoms with E-state index >= 15 is 0 Å². The summed E-state index contributed by atoms with van der Waals surface area (Å²) in [5.74, 6) is -0.280. The molecule has 0 spiro atoms. The van der Waals surface area contributed by atoms with Gasteiger partial charge in [-0.25, -0.2) is 4.39 Å². The second-order valence-electron chi connectivity index (χ2n) is 6.18. The van der Waals surface area contributed by atoms with Crippen LogP contribution < -0.4 is 5.32 Å². The fraction of sp³-hybridized carbons (Fsp3) is 0.688. The summed E-state index contributed by atoms with van der Waals surface area (Å²) in [5.41, 5.74) is 1.16. The lowest BCUT2D eigenvalue weighted by molar-refractivity contribution is 0.0957. The van der Waals surface area contributed by atoms with E-state index in [9.17, 15) is 4.39 Å². The third-order valence-electron chi connectivity index (χ3n) is 4.66. The van der Waals surface area contributed by atoms with Crippen LogP contribution in [0.3, 0.4) is 0 Å². The van der Waals surface area contributed by atoms with Gasteiger partial charge in [-0.15, -0.1) is 0 Å². The molecule has 0 bridgehead atoms. The molecule has 3 nitrogen and oxygen atoms in total. The minimum atomic E-state index is -0.280. The van der Waals surface area contributed by atoms with Gasteiger partial charge in [-0.3, -0.25) is 4.98 Å². The molecule has 0 aliphatic heterocycles. The standard InChI is InChI=1S/C16H26FN3/c1-13(15-8-7-14(17)11-18-15)19-12-16(20(2)3)9-5-4-6-10-16/h7-8,11,13,19H,4-6,9-10,12H2,1-3H3. The van der Waals surface area contributed by atoms with Crippen molar-refractivity contribution >= 4 is 0 Å². The molecule has 0 saturated heterocycles. The molecule has 1 aromatic heterocycles. The molecule has 1 heterocycles. The van der Waals surface area contributed by atoms with Crippen LogP contribution in [-0.4, -0.2) is 36.1 Å². The third kappa shape index (κ3) is 3.55. The molecule has 112 valence electrons. The molecule has 1 aromatic rings. The van der Waals surface area contributed by atoms with E-state index in [1.165, 1.54) is 44.4 Å². The Bertz CT molecular complexity index is 410. The Morgan fingerprint density at radius 1 is 1.30 bits per heavy atom. The molecule has 0 aromatic carbocycles. The van der Waals surface area contributed by atoms with Crippen LogP contribution >= 0.6 is 0 Å². The molecule has 4 heteroatoms. The van der Waals surface area contributed by atoms with E-state index in [1.54, 1.807) is 6.07 Å². The number of aromatic nitrogens is 1. The van der Waals surface area contributed by atoms with E-state index in [1.807, 2.05) is 0 Å². The van der Waals surface area contributed by atoms with E-state index in [-0.39, 0.29) is 17.4 Å². The second kappa shape index (κ2) is 6.64. The van der Waals surface area contributed by atoms with Gasteiger partial charge in [0.05, 0.1) is 11.9 Å². The van der Waals surface area contributed by atoms with Crippen LogP contribution in [0.1, 0.15) is 50.8 Å². The van der Waals surface area contributed by atoms with Gasteiger partial charge in [0, 0.05) is 18.1 Å². The van der Waals surface area contributed by atoms with E-state index in [0.717, 1.165) is 12.2 Å². The highest BCUT2D eigenvalue weighted by Gasteiger charge is 2.34. The van der Waals surface area contributed by atoms with Crippen molar-refractivity contribution < 1.29 is 4.39 Å². The van der Waals surface area contributed by atoms with Gasteiger partial charge in [0.1, 0.15) is 5.82 Å². The molecular weight excluding hydrogens is 253 g/mol. The zero-order valence-electron chi connectivity index (χ0n) is 12.8. The maximum Gasteiger partial charge on any atom is 0.141 e. The predicted molar refractivity (Wildman–Crippen MR) is 80.1 cm³/mol. The van der Waals surface area contributed by atoms with Gasteiger partial charge < -0.3 is 10.2 Å². The Labute approximate surface area is 121 Å². The molecule has 1 aliphatic carbocycles. The average Bonchev–Trinajstić information content (AvgIpc) is 2.46. The van der Waals surface area contributed by atoms with Gasteiger partial charge in [-0.1, -0.05) is 19.3 Å². The van der Waals surface area contributed by atoms with Gasteiger partial charge >= 0.3 is 0 Å². The first-order valence-corrected chi connectivity index (χ1v) is 7.56. The zero-order valence-corrected chi connectivity index (χ0v) is 12.8. The summed E-state index contributed by atoms with van der Waals surface area (Å²) in [4.78, 5) is 6.52. The maximum absolute atomic E-state index is 12.9. The summed E-state index contributed by atoms with van der Waals surface area (Å²) < 4.78 is 12.9. The lowest BCUT2D eigenvalue weighted by Crippen LogP contribution is -2.53. The first-order chi connectivity index (χ1) is 9.53. The normalized spacial score (nSPS) is 20.1. The molecule has 20 heavy (non-hydrogen) atoms. The highest BCUT2D eigenvalue weighted by Crippen LogP contribution is 2.32. The molecule has 1 unspecified atom stereocenters. The molecule has 1 fully saturated rings. The van der Waals surface area contributed by atoms with Crippen molar-refractivity contribution in [2.24, 2.45) is 0 Å². The Hall–Kier alpha value is -1.00. The first-order valence-electron chi connectivity index (χ1n) is 7.56. The van der Waals surface area contributed by atoms with Crippen LogP contribution in [0.4, 0.5) is 4.39 Å². The summed E-state index contributed by atoms with van der Waals surface area (Å²) in [7, 11) is 4.35. The topological polar surface area (TPSA) is 28.2 Å². The molecule has 1 atom stereocenters. The number of likely N-dealkylation sites (N-methyl/N-ethyl adjacent to an activating group) is 1. The quantitative estimate of drug-likeness (QED) is 0.897.